The van der Waals surface area contributed by atoms with Crippen molar-refractivity contribution in [3.05, 3.63) is 71.4 Å². The summed E-state index contributed by atoms with van der Waals surface area (Å²) in [7, 11) is 1.63. The Morgan fingerprint density at radius 3 is 2.80 bits per heavy atom. The number of methoxy groups -OCH3 is 1. The van der Waals surface area contributed by atoms with E-state index in [0.717, 1.165) is 35.2 Å². The Morgan fingerprint density at radius 1 is 1.08 bits per heavy atom. The molecule has 0 aliphatic heterocycles. The quantitative estimate of drug-likeness (QED) is 0.652. The normalized spacial score (nSPS) is 10.3. The summed E-state index contributed by atoms with van der Waals surface area (Å²) in [6.07, 6.45) is 2.58. The molecule has 0 unspecified atom stereocenters. The van der Waals surface area contributed by atoms with Gasteiger partial charge in [-0.2, -0.15) is 4.98 Å². The van der Waals surface area contributed by atoms with Gasteiger partial charge in [0.2, 0.25) is 5.95 Å². The highest BCUT2D eigenvalue weighted by Crippen LogP contribution is 2.25. The van der Waals surface area contributed by atoms with Gasteiger partial charge in [-0.25, -0.2) is 4.98 Å². The molecule has 25 heavy (non-hydrogen) atoms. The predicted octanol–water partition coefficient (Wildman–Crippen LogP) is 4.54. The third-order valence-electron chi connectivity index (χ3n) is 3.62. The molecule has 0 atom stereocenters. The topological polar surface area (TPSA) is 59.1 Å². The summed E-state index contributed by atoms with van der Waals surface area (Å²) in [5.74, 6) is 2.01. The molecular weight excluding hydrogens is 336 g/mol. The maximum absolute atomic E-state index is 6.00. The van der Waals surface area contributed by atoms with E-state index in [1.165, 1.54) is 5.56 Å². The van der Waals surface area contributed by atoms with Crippen LogP contribution in [0.5, 0.6) is 5.75 Å². The maximum Gasteiger partial charge on any atom is 0.229 e. The molecule has 0 saturated heterocycles. The molecule has 128 valence electrons. The third-order valence-corrected chi connectivity index (χ3v) is 3.85. The standard InChI is InChI=1S/C19H19ClN4O/c1-25-17-8-3-2-7-16(17)23-19-22-12-10-18(24-19)21-11-9-14-5-4-6-15(20)13-14/h2-8,10,12-13H,9,11H2,1H3,(H2,21,22,23,24). The first-order chi connectivity index (χ1) is 12.2. The van der Waals surface area contributed by atoms with E-state index in [2.05, 4.69) is 26.7 Å². The number of nitrogens with zero attached hydrogens (tertiary/aromatic N) is 2. The van der Waals surface area contributed by atoms with Gasteiger partial charge in [0.15, 0.2) is 0 Å². The lowest BCUT2D eigenvalue weighted by Gasteiger charge is -2.11. The molecule has 3 aromatic rings. The van der Waals surface area contributed by atoms with E-state index in [-0.39, 0.29) is 0 Å². The van der Waals surface area contributed by atoms with E-state index in [4.69, 9.17) is 16.3 Å². The summed E-state index contributed by atoms with van der Waals surface area (Å²) < 4.78 is 5.33. The molecule has 0 spiro atoms. The number of aromatic nitrogens is 2. The molecule has 1 heterocycles. The van der Waals surface area contributed by atoms with Crippen molar-refractivity contribution >= 4 is 29.1 Å². The molecular formula is C19H19ClN4O. The van der Waals surface area contributed by atoms with Gasteiger partial charge in [-0.15, -0.1) is 0 Å². The lowest BCUT2D eigenvalue weighted by atomic mass is 10.1. The highest BCUT2D eigenvalue weighted by molar-refractivity contribution is 6.30. The van der Waals surface area contributed by atoms with Crippen molar-refractivity contribution in [2.45, 2.75) is 6.42 Å². The number of ether oxygens (including phenoxy) is 1. The highest BCUT2D eigenvalue weighted by Gasteiger charge is 2.04. The van der Waals surface area contributed by atoms with Crippen LogP contribution in [0.25, 0.3) is 0 Å². The molecule has 0 amide bonds. The second kappa shape index (κ2) is 8.35. The molecule has 0 radical (unpaired) electrons. The van der Waals surface area contributed by atoms with Crippen molar-refractivity contribution in [3.63, 3.8) is 0 Å². The van der Waals surface area contributed by atoms with Gasteiger partial charge in [-0.3, -0.25) is 0 Å². The Kier molecular flexibility index (Phi) is 5.69. The fraction of sp³-hybridized carbons (Fsp3) is 0.158. The molecule has 0 bridgehead atoms. The smallest absolute Gasteiger partial charge is 0.229 e. The molecule has 2 aromatic carbocycles. The molecule has 2 N–H and O–H groups in total. The first-order valence-corrected chi connectivity index (χ1v) is 8.34. The van der Waals surface area contributed by atoms with Crippen molar-refractivity contribution in [3.8, 4) is 5.75 Å². The monoisotopic (exact) mass is 354 g/mol. The number of hydrogen-bond donors (Lipinski definition) is 2. The second-order valence-electron chi connectivity index (χ2n) is 5.40. The van der Waals surface area contributed by atoms with Crippen molar-refractivity contribution < 1.29 is 4.74 Å². The van der Waals surface area contributed by atoms with Gasteiger partial charge in [-0.05, 0) is 42.3 Å². The largest absolute Gasteiger partial charge is 0.495 e. The zero-order chi connectivity index (χ0) is 17.5. The number of halogens is 1. The Labute approximate surface area is 152 Å². The Hall–Kier alpha value is -2.79. The molecule has 1 aromatic heterocycles. The number of hydrogen-bond acceptors (Lipinski definition) is 5. The molecule has 3 rings (SSSR count). The maximum atomic E-state index is 6.00. The van der Waals surface area contributed by atoms with Crippen molar-refractivity contribution in [1.29, 1.82) is 0 Å². The SMILES string of the molecule is COc1ccccc1Nc1nccc(NCCc2cccc(Cl)c2)n1. The Morgan fingerprint density at radius 2 is 1.96 bits per heavy atom. The minimum atomic E-state index is 0.511. The second-order valence-corrected chi connectivity index (χ2v) is 5.83. The summed E-state index contributed by atoms with van der Waals surface area (Å²) in [5.41, 5.74) is 2.00. The summed E-state index contributed by atoms with van der Waals surface area (Å²) in [6, 6.07) is 17.3. The van der Waals surface area contributed by atoms with Gasteiger partial charge in [0.1, 0.15) is 11.6 Å². The van der Waals surface area contributed by atoms with E-state index in [9.17, 15) is 0 Å². The van der Waals surface area contributed by atoms with Crippen LogP contribution in [0.4, 0.5) is 17.5 Å². The van der Waals surface area contributed by atoms with Gasteiger partial charge in [0.05, 0.1) is 12.8 Å². The van der Waals surface area contributed by atoms with Crippen LogP contribution in [0.3, 0.4) is 0 Å². The van der Waals surface area contributed by atoms with Gasteiger partial charge >= 0.3 is 0 Å². The first-order valence-electron chi connectivity index (χ1n) is 7.96. The van der Waals surface area contributed by atoms with Crippen LogP contribution in [0, 0.1) is 0 Å². The molecule has 0 aliphatic carbocycles. The molecule has 0 saturated carbocycles. The zero-order valence-corrected chi connectivity index (χ0v) is 14.6. The minimum Gasteiger partial charge on any atom is -0.495 e. The van der Waals surface area contributed by atoms with E-state index >= 15 is 0 Å². The van der Waals surface area contributed by atoms with Gasteiger partial charge in [0.25, 0.3) is 0 Å². The van der Waals surface area contributed by atoms with Crippen LogP contribution >= 0.6 is 11.6 Å². The highest BCUT2D eigenvalue weighted by atomic mass is 35.5. The lowest BCUT2D eigenvalue weighted by molar-refractivity contribution is 0.417. The van der Waals surface area contributed by atoms with Gasteiger partial charge in [-0.1, -0.05) is 35.9 Å². The van der Waals surface area contributed by atoms with Gasteiger partial charge < -0.3 is 15.4 Å². The summed E-state index contributed by atoms with van der Waals surface area (Å²) in [4.78, 5) is 8.73. The summed E-state index contributed by atoms with van der Waals surface area (Å²) in [5, 5.41) is 7.23. The van der Waals surface area contributed by atoms with Crippen LogP contribution in [0.15, 0.2) is 60.8 Å². The molecule has 0 fully saturated rings. The Bertz CT molecular complexity index is 841. The fourth-order valence-corrected chi connectivity index (χ4v) is 2.63. The summed E-state index contributed by atoms with van der Waals surface area (Å²) >= 11 is 6.00. The van der Waals surface area contributed by atoms with Crippen molar-refractivity contribution in [2.75, 3.05) is 24.3 Å². The Balaban J connectivity index is 1.61. The number of para-hydroxylation sites is 2. The average Bonchev–Trinajstić information content (AvgIpc) is 2.63. The van der Waals surface area contributed by atoms with E-state index in [0.29, 0.717) is 5.95 Å². The van der Waals surface area contributed by atoms with E-state index < -0.39 is 0 Å². The molecule has 6 heteroatoms. The van der Waals surface area contributed by atoms with Crippen molar-refractivity contribution in [2.24, 2.45) is 0 Å². The lowest BCUT2D eigenvalue weighted by Crippen LogP contribution is -2.08. The predicted molar refractivity (Wildman–Crippen MR) is 102 cm³/mol. The first kappa shape index (κ1) is 17.0. The molecule has 5 nitrogen and oxygen atoms in total. The zero-order valence-electron chi connectivity index (χ0n) is 13.9. The fourth-order valence-electron chi connectivity index (χ4n) is 2.41. The van der Waals surface area contributed by atoms with E-state index in [1.54, 1.807) is 13.3 Å². The van der Waals surface area contributed by atoms with Gasteiger partial charge in [0, 0.05) is 17.8 Å². The number of benzene rings is 2. The number of rotatable bonds is 7. The third kappa shape index (κ3) is 4.84. The summed E-state index contributed by atoms with van der Waals surface area (Å²) in [6.45, 7) is 0.755. The van der Waals surface area contributed by atoms with Crippen LogP contribution in [-0.4, -0.2) is 23.6 Å². The van der Waals surface area contributed by atoms with Crippen LogP contribution < -0.4 is 15.4 Å². The van der Waals surface area contributed by atoms with Crippen LogP contribution in [0.1, 0.15) is 5.56 Å². The number of anilines is 3. The average molecular weight is 355 g/mol. The van der Waals surface area contributed by atoms with Crippen LogP contribution in [0.2, 0.25) is 5.02 Å². The van der Waals surface area contributed by atoms with E-state index in [1.807, 2.05) is 48.5 Å². The van der Waals surface area contributed by atoms with Crippen LogP contribution in [-0.2, 0) is 6.42 Å². The van der Waals surface area contributed by atoms with Crippen molar-refractivity contribution in [1.82, 2.24) is 9.97 Å². The number of nitrogens with one attached hydrogen (secondary N) is 2. The molecule has 0 aliphatic rings. The minimum absolute atomic E-state index is 0.511.